The van der Waals surface area contributed by atoms with Crippen molar-refractivity contribution in [3.8, 4) is 0 Å². The van der Waals surface area contributed by atoms with Crippen LogP contribution in [0.4, 0.5) is 0 Å². The van der Waals surface area contributed by atoms with Crippen molar-refractivity contribution in [2.24, 2.45) is 12.0 Å². The van der Waals surface area contributed by atoms with Gasteiger partial charge in [0.2, 0.25) is 0 Å². The Bertz CT molecular complexity index is 872. The van der Waals surface area contributed by atoms with Crippen LogP contribution in [0.5, 0.6) is 0 Å². The lowest BCUT2D eigenvalue weighted by molar-refractivity contribution is 0.710. The van der Waals surface area contributed by atoms with Gasteiger partial charge in [-0.15, -0.1) is 0 Å². The minimum absolute atomic E-state index is 0.685. The summed E-state index contributed by atoms with van der Waals surface area (Å²) in [6.45, 7) is 0.685. The molecular formula is C17H17BrN4. The smallest absolute Gasteiger partial charge is 0.0812 e. The van der Waals surface area contributed by atoms with Gasteiger partial charge in [0.25, 0.3) is 0 Å². The van der Waals surface area contributed by atoms with Crippen LogP contribution >= 0.6 is 15.9 Å². The van der Waals surface area contributed by atoms with E-state index in [-0.39, 0.29) is 0 Å². The quantitative estimate of drug-likeness (QED) is 0.741. The molecule has 1 N–H and O–H groups in total. The average Bonchev–Trinajstić information content (AvgIpc) is 3.09. The number of H-pyrrole nitrogens is 1. The van der Waals surface area contributed by atoms with Gasteiger partial charge in [-0.3, -0.25) is 9.67 Å². The molecule has 0 saturated heterocycles. The van der Waals surface area contributed by atoms with E-state index in [1.54, 1.807) is 0 Å². The topological polar surface area (TPSA) is 46.0 Å². The Morgan fingerprint density at radius 3 is 3.05 bits per heavy atom. The van der Waals surface area contributed by atoms with E-state index in [9.17, 15) is 0 Å². The molecule has 1 aliphatic carbocycles. The average molecular weight is 357 g/mol. The summed E-state index contributed by atoms with van der Waals surface area (Å²) in [5.41, 5.74) is 6.16. The van der Waals surface area contributed by atoms with Crippen LogP contribution in [-0.4, -0.2) is 20.5 Å². The number of benzene rings is 1. The zero-order chi connectivity index (χ0) is 15.1. The maximum absolute atomic E-state index is 4.86. The molecule has 22 heavy (non-hydrogen) atoms. The third-order valence-corrected chi connectivity index (χ3v) is 4.84. The molecule has 5 heteroatoms. The third kappa shape index (κ3) is 2.29. The largest absolute Gasteiger partial charge is 0.353 e. The zero-order valence-electron chi connectivity index (χ0n) is 12.4. The predicted octanol–water partition coefficient (Wildman–Crippen LogP) is 3.99. The van der Waals surface area contributed by atoms with Gasteiger partial charge in [0, 0.05) is 28.6 Å². The first-order valence-corrected chi connectivity index (χ1v) is 8.32. The second kappa shape index (κ2) is 5.39. The van der Waals surface area contributed by atoms with Gasteiger partial charge >= 0.3 is 0 Å². The van der Waals surface area contributed by atoms with E-state index in [0.717, 1.165) is 29.4 Å². The van der Waals surface area contributed by atoms with Crippen LogP contribution in [0.25, 0.3) is 10.9 Å². The first kappa shape index (κ1) is 13.8. The van der Waals surface area contributed by atoms with Crippen LogP contribution in [0.3, 0.4) is 0 Å². The normalized spacial score (nSPS) is 16.4. The molecule has 1 aliphatic rings. The van der Waals surface area contributed by atoms with Crippen molar-refractivity contribution in [2.75, 3.05) is 0 Å². The molecule has 2 aromatic heterocycles. The number of hydrogen-bond acceptors (Lipinski definition) is 2. The van der Waals surface area contributed by atoms with Gasteiger partial charge < -0.3 is 4.98 Å². The number of fused-ring (bicyclic) bond motifs is 3. The van der Waals surface area contributed by atoms with Crippen molar-refractivity contribution >= 4 is 32.5 Å². The SMILES string of the molecule is Cn1nccc1C/N=C1\CCCc2c1[nH]c1ccc(Br)cc21. The molecule has 112 valence electrons. The van der Waals surface area contributed by atoms with Gasteiger partial charge in [-0.1, -0.05) is 15.9 Å². The van der Waals surface area contributed by atoms with E-state index >= 15 is 0 Å². The van der Waals surface area contributed by atoms with E-state index < -0.39 is 0 Å². The summed E-state index contributed by atoms with van der Waals surface area (Å²) in [5.74, 6) is 0. The maximum atomic E-state index is 4.86. The first-order valence-electron chi connectivity index (χ1n) is 7.53. The van der Waals surface area contributed by atoms with E-state index in [2.05, 4.69) is 44.2 Å². The molecule has 3 aromatic rings. The minimum atomic E-state index is 0.685. The molecule has 0 radical (unpaired) electrons. The summed E-state index contributed by atoms with van der Waals surface area (Å²) in [6.07, 6.45) is 5.15. The molecule has 0 unspecified atom stereocenters. The van der Waals surface area contributed by atoms with Crippen molar-refractivity contribution < 1.29 is 0 Å². The Balaban J connectivity index is 1.75. The Labute approximate surface area is 137 Å². The lowest BCUT2D eigenvalue weighted by Gasteiger charge is -2.14. The summed E-state index contributed by atoms with van der Waals surface area (Å²) in [7, 11) is 1.96. The van der Waals surface area contributed by atoms with Gasteiger partial charge in [-0.25, -0.2) is 0 Å². The molecular weight excluding hydrogens is 340 g/mol. The molecule has 4 rings (SSSR count). The molecule has 0 fully saturated rings. The Morgan fingerprint density at radius 2 is 2.23 bits per heavy atom. The summed E-state index contributed by atoms with van der Waals surface area (Å²) in [5, 5.41) is 5.52. The van der Waals surface area contributed by atoms with E-state index in [0.29, 0.717) is 6.54 Å². The number of aliphatic imine (C=N–C) groups is 1. The highest BCUT2D eigenvalue weighted by Crippen LogP contribution is 2.31. The number of aromatic nitrogens is 3. The van der Waals surface area contributed by atoms with Gasteiger partial charge in [-0.05, 0) is 49.1 Å². The van der Waals surface area contributed by atoms with Gasteiger partial charge in [0.1, 0.15) is 0 Å². The van der Waals surface area contributed by atoms with Crippen molar-refractivity contribution in [1.29, 1.82) is 0 Å². The van der Waals surface area contributed by atoms with Gasteiger partial charge in [0.05, 0.1) is 23.6 Å². The standard InChI is InChI=1S/C17H17BrN4/c1-22-12(7-8-20-22)10-19-16-4-2-3-13-14-9-11(18)5-6-15(14)21-17(13)16/h5-9,21H,2-4,10H2,1H3/b19-16+. The Kier molecular flexibility index (Phi) is 3.37. The molecule has 0 atom stereocenters. The number of nitrogens with one attached hydrogen (secondary N) is 1. The van der Waals surface area contributed by atoms with Crippen LogP contribution in [-0.2, 0) is 20.0 Å². The molecule has 4 nitrogen and oxygen atoms in total. The van der Waals surface area contributed by atoms with Crippen molar-refractivity contribution in [3.05, 3.63) is 51.9 Å². The number of nitrogens with zero attached hydrogens (tertiary/aromatic N) is 3. The van der Waals surface area contributed by atoms with Crippen molar-refractivity contribution in [1.82, 2.24) is 14.8 Å². The van der Waals surface area contributed by atoms with Gasteiger partial charge in [0.15, 0.2) is 0 Å². The third-order valence-electron chi connectivity index (χ3n) is 4.35. The highest BCUT2D eigenvalue weighted by atomic mass is 79.9. The molecule has 0 amide bonds. The van der Waals surface area contributed by atoms with E-state index in [1.165, 1.54) is 27.9 Å². The van der Waals surface area contributed by atoms with Crippen LogP contribution in [0, 0.1) is 0 Å². The number of hydrogen-bond donors (Lipinski definition) is 1. The van der Waals surface area contributed by atoms with Crippen LogP contribution in [0.1, 0.15) is 29.8 Å². The van der Waals surface area contributed by atoms with E-state index in [4.69, 9.17) is 4.99 Å². The first-order chi connectivity index (χ1) is 10.7. The fourth-order valence-electron chi connectivity index (χ4n) is 3.17. The highest BCUT2D eigenvalue weighted by Gasteiger charge is 2.20. The summed E-state index contributed by atoms with van der Waals surface area (Å²) >= 11 is 3.57. The Morgan fingerprint density at radius 1 is 1.32 bits per heavy atom. The summed E-state index contributed by atoms with van der Waals surface area (Å²) < 4.78 is 3.01. The number of aromatic amines is 1. The van der Waals surface area contributed by atoms with Crippen molar-refractivity contribution in [2.45, 2.75) is 25.8 Å². The predicted molar refractivity (Wildman–Crippen MR) is 92.4 cm³/mol. The van der Waals surface area contributed by atoms with E-state index in [1.807, 2.05) is 24.0 Å². The van der Waals surface area contributed by atoms with Gasteiger partial charge in [-0.2, -0.15) is 5.10 Å². The molecule has 0 bridgehead atoms. The highest BCUT2D eigenvalue weighted by molar-refractivity contribution is 9.10. The second-order valence-electron chi connectivity index (χ2n) is 5.73. The lowest BCUT2D eigenvalue weighted by atomic mass is 9.94. The molecule has 0 aliphatic heterocycles. The Hall–Kier alpha value is -1.88. The minimum Gasteiger partial charge on any atom is -0.353 e. The number of rotatable bonds is 2. The monoisotopic (exact) mass is 356 g/mol. The fourth-order valence-corrected chi connectivity index (χ4v) is 3.54. The number of halogens is 1. The van der Waals surface area contributed by atoms with Crippen molar-refractivity contribution in [3.63, 3.8) is 0 Å². The molecule has 0 spiro atoms. The molecule has 1 aromatic carbocycles. The molecule has 2 heterocycles. The fraction of sp³-hybridized carbons (Fsp3) is 0.294. The molecule has 0 saturated carbocycles. The zero-order valence-corrected chi connectivity index (χ0v) is 14.0. The second-order valence-corrected chi connectivity index (χ2v) is 6.65. The summed E-state index contributed by atoms with van der Waals surface area (Å²) in [4.78, 5) is 8.42. The lowest BCUT2D eigenvalue weighted by Crippen LogP contribution is -2.12. The number of aryl methyl sites for hydroxylation is 2. The maximum Gasteiger partial charge on any atom is 0.0812 e. The van der Waals surface area contributed by atoms with Crippen LogP contribution in [0.15, 0.2) is 39.9 Å². The van der Waals surface area contributed by atoms with Crippen LogP contribution < -0.4 is 0 Å². The summed E-state index contributed by atoms with van der Waals surface area (Å²) in [6, 6.07) is 8.44. The van der Waals surface area contributed by atoms with Crippen LogP contribution in [0.2, 0.25) is 0 Å².